The van der Waals surface area contributed by atoms with Crippen molar-refractivity contribution in [2.45, 2.75) is 18.4 Å². The molecule has 0 bridgehead atoms. The summed E-state index contributed by atoms with van der Waals surface area (Å²) in [6.45, 7) is -0.661. The molecule has 1 aliphatic rings. The van der Waals surface area contributed by atoms with Gasteiger partial charge in [0, 0.05) is 6.42 Å². The zero-order valence-corrected chi connectivity index (χ0v) is 9.76. The Kier molecular flexibility index (Phi) is 4.65. The van der Waals surface area contributed by atoms with Crippen molar-refractivity contribution in [2.24, 2.45) is 0 Å². The van der Waals surface area contributed by atoms with Crippen LogP contribution in [0.25, 0.3) is 0 Å². The number of rotatable bonds is 5. The lowest BCUT2D eigenvalue weighted by Gasteiger charge is -2.33. The molecule has 96 valence electrons. The summed E-state index contributed by atoms with van der Waals surface area (Å²) in [4.78, 5) is 27.6. The van der Waals surface area contributed by atoms with Crippen LogP contribution >= 0.6 is 0 Å². The molecule has 0 spiro atoms. The summed E-state index contributed by atoms with van der Waals surface area (Å²) in [5.74, 6) is 1.13. The van der Waals surface area contributed by atoms with E-state index < -0.39 is 18.3 Å². The van der Waals surface area contributed by atoms with Crippen LogP contribution in [-0.2, 0) is 23.9 Å². The van der Waals surface area contributed by atoms with E-state index in [9.17, 15) is 9.59 Å². The molecule has 0 aromatic rings. The molecule has 0 radical (unpaired) electrons. The van der Waals surface area contributed by atoms with Crippen molar-refractivity contribution in [1.82, 2.24) is 5.06 Å². The van der Waals surface area contributed by atoms with Gasteiger partial charge >= 0.3 is 5.97 Å². The van der Waals surface area contributed by atoms with Crippen LogP contribution in [0.5, 0.6) is 0 Å². The Labute approximate surface area is 98.5 Å². The van der Waals surface area contributed by atoms with Crippen LogP contribution in [0.2, 0.25) is 0 Å². The van der Waals surface area contributed by atoms with Crippen molar-refractivity contribution >= 4 is 11.9 Å². The Balaban J connectivity index is 3.05. The SMILES string of the molecule is COC(=O)C1(COCO)CCC(=C=O)N1OC. The van der Waals surface area contributed by atoms with Gasteiger partial charge in [0.05, 0.1) is 20.8 Å². The van der Waals surface area contributed by atoms with E-state index in [4.69, 9.17) is 19.4 Å². The highest BCUT2D eigenvalue weighted by molar-refractivity contribution is 5.82. The number of aliphatic hydroxyl groups is 1. The minimum Gasteiger partial charge on any atom is -0.467 e. The summed E-state index contributed by atoms with van der Waals surface area (Å²) < 4.78 is 9.55. The van der Waals surface area contributed by atoms with E-state index in [1.54, 1.807) is 5.94 Å². The largest absolute Gasteiger partial charge is 0.467 e. The van der Waals surface area contributed by atoms with Crippen LogP contribution in [0, 0.1) is 0 Å². The van der Waals surface area contributed by atoms with Gasteiger partial charge in [-0.25, -0.2) is 14.7 Å². The Morgan fingerprint density at radius 2 is 2.29 bits per heavy atom. The second-order valence-electron chi connectivity index (χ2n) is 3.53. The van der Waals surface area contributed by atoms with E-state index in [0.717, 1.165) is 5.06 Å². The van der Waals surface area contributed by atoms with Gasteiger partial charge in [0.15, 0.2) is 5.54 Å². The lowest BCUT2D eigenvalue weighted by molar-refractivity contribution is -0.204. The summed E-state index contributed by atoms with van der Waals surface area (Å²) in [5.41, 5.74) is -1.02. The standard InChI is InChI=1S/C10H15NO6/c1-15-9(14)10(6-17-7-13)4-3-8(5-12)11(10)16-2/h13H,3-4,6-7H2,1-2H3. The number of methoxy groups -OCH3 is 1. The molecule has 1 saturated heterocycles. The molecule has 0 aromatic carbocycles. The quantitative estimate of drug-likeness (QED) is 0.387. The molecule has 0 amide bonds. The fourth-order valence-electron chi connectivity index (χ4n) is 1.94. The predicted molar refractivity (Wildman–Crippen MR) is 55.1 cm³/mol. The topological polar surface area (TPSA) is 85.3 Å². The number of esters is 1. The molecular formula is C10H15NO6. The third kappa shape index (κ3) is 2.32. The summed E-state index contributed by atoms with van der Waals surface area (Å²) in [6.07, 6.45) is 0.638. The minimum absolute atomic E-state index is 0.130. The number of ether oxygens (including phenoxy) is 2. The number of carbonyl (C=O) groups excluding carboxylic acids is 2. The second kappa shape index (κ2) is 5.79. The van der Waals surface area contributed by atoms with Crippen LogP contribution in [0.3, 0.4) is 0 Å². The number of hydroxylamine groups is 2. The van der Waals surface area contributed by atoms with Gasteiger partial charge in [-0.2, -0.15) is 0 Å². The lowest BCUT2D eigenvalue weighted by atomic mass is 9.99. The summed E-state index contributed by atoms with van der Waals surface area (Å²) >= 11 is 0. The summed E-state index contributed by atoms with van der Waals surface area (Å²) in [7, 11) is 2.57. The first-order chi connectivity index (χ1) is 8.16. The molecule has 0 saturated carbocycles. The second-order valence-corrected chi connectivity index (χ2v) is 3.53. The van der Waals surface area contributed by atoms with Gasteiger partial charge in [-0.05, 0) is 6.42 Å². The van der Waals surface area contributed by atoms with Gasteiger partial charge in [0.25, 0.3) is 0 Å². The maximum atomic E-state index is 11.8. The molecule has 17 heavy (non-hydrogen) atoms. The molecular weight excluding hydrogens is 230 g/mol. The molecule has 1 atom stereocenters. The van der Waals surface area contributed by atoms with Crippen LogP contribution in [-0.4, -0.2) is 55.2 Å². The molecule has 0 aliphatic carbocycles. The van der Waals surface area contributed by atoms with E-state index in [0.29, 0.717) is 12.8 Å². The normalized spacial score (nSPS) is 23.7. The van der Waals surface area contributed by atoms with E-state index in [1.165, 1.54) is 14.2 Å². The summed E-state index contributed by atoms with van der Waals surface area (Å²) in [6, 6.07) is 0. The predicted octanol–water partition coefficient (Wildman–Crippen LogP) is -0.763. The first-order valence-corrected chi connectivity index (χ1v) is 5.01. The number of allylic oxidation sites excluding steroid dienone is 1. The Hall–Kier alpha value is -1.40. The van der Waals surface area contributed by atoms with Crippen molar-refractivity contribution < 1.29 is 29.0 Å². The van der Waals surface area contributed by atoms with Crippen molar-refractivity contribution in [1.29, 1.82) is 0 Å². The number of carbonyl (C=O) groups is 1. The van der Waals surface area contributed by atoms with Gasteiger partial charge in [0.1, 0.15) is 18.4 Å². The van der Waals surface area contributed by atoms with Gasteiger partial charge in [0.2, 0.25) is 0 Å². The number of hydrogen-bond donors (Lipinski definition) is 1. The molecule has 1 fully saturated rings. The Morgan fingerprint density at radius 3 is 2.76 bits per heavy atom. The molecule has 1 heterocycles. The van der Waals surface area contributed by atoms with Crippen LogP contribution in [0.15, 0.2) is 5.70 Å². The minimum atomic E-state index is -1.24. The molecule has 1 N–H and O–H groups in total. The highest BCUT2D eigenvalue weighted by Gasteiger charge is 2.52. The van der Waals surface area contributed by atoms with Crippen LogP contribution in [0.1, 0.15) is 12.8 Å². The smallest absolute Gasteiger partial charge is 0.336 e. The monoisotopic (exact) mass is 245 g/mol. The van der Waals surface area contributed by atoms with Crippen LogP contribution in [0.4, 0.5) is 0 Å². The molecule has 7 heteroatoms. The highest BCUT2D eigenvalue weighted by atomic mass is 16.7. The maximum absolute atomic E-state index is 11.8. The van der Waals surface area contributed by atoms with Crippen LogP contribution < -0.4 is 0 Å². The fourth-order valence-corrected chi connectivity index (χ4v) is 1.94. The van der Waals surface area contributed by atoms with Gasteiger partial charge in [-0.15, -0.1) is 0 Å². The van der Waals surface area contributed by atoms with Gasteiger partial charge in [-0.3, -0.25) is 4.84 Å². The van der Waals surface area contributed by atoms with Crippen molar-refractivity contribution in [2.75, 3.05) is 27.6 Å². The average molecular weight is 245 g/mol. The third-order valence-electron chi connectivity index (χ3n) is 2.71. The summed E-state index contributed by atoms with van der Waals surface area (Å²) in [5, 5.41) is 9.80. The molecule has 1 rings (SSSR count). The Morgan fingerprint density at radius 1 is 1.59 bits per heavy atom. The Bertz CT molecular complexity index is 338. The number of aliphatic hydroxyl groups excluding tert-OH is 1. The fraction of sp³-hybridized carbons (Fsp3) is 0.700. The number of nitrogens with zero attached hydrogens (tertiary/aromatic N) is 1. The van der Waals surface area contributed by atoms with E-state index in [1.807, 2.05) is 0 Å². The lowest BCUT2D eigenvalue weighted by Crippen LogP contribution is -2.53. The molecule has 1 aliphatic heterocycles. The molecule has 0 aromatic heterocycles. The average Bonchev–Trinajstić information content (AvgIpc) is 2.74. The first kappa shape index (κ1) is 13.7. The van der Waals surface area contributed by atoms with E-state index >= 15 is 0 Å². The highest BCUT2D eigenvalue weighted by Crippen LogP contribution is 2.36. The zero-order valence-electron chi connectivity index (χ0n) is 9.76. The molecule has 1 unspecified atom stereocenters. The van der Waals surface area contributed by atoms with Gasteiger partial charge in [-0.1, -0.05) is 0 Å². The zero-order chi connectivity index (χ0) is 12.9. The van der Waals surface area contributed by atoms with Crippen molar-refractivity contribution in [3.05, 3.63) is 5.70 Å². The number of hydrogen-bond acceptors (Lipinski definition) is 7. The third-order valence-corrected chi connectivity index (χ3v) is 2.71. The van der Waals surface area contributed by atoms with Crippen molar-refractivity contribution in [3.63, 3.8) is 0 Å². The van der Waals surface area contributed by atoms with Crippen molar-refractivity contribution in [3.8, 4) is 0 Å². The first-order valence-electron chi connectivity index (χ1n) is 5.01. The molecule has 7 nitrogen and oxygen atoms in total. The van der Waals surface area contributed by atoms with Gasteiger partial charge < -0.3 is 14.6 Å². The maximum Gasteiger partial charge on any atom is 0.336 e. The van der Waals surface area contributed by atoms with E-state index in [2.05, 4.69) is 0 Å². The van der Waals surface area contributed by atoms with E-state index in [-0.39, 0.29) is 12.3 Å².